The number of anilines is 2. The molecule has 1 aliphatic heterocycles. The van der Waals surface area contributed by atoms with Gasteiger partial charge in [0.05, 0.1) is 29.0 Å². The van der Waals surface area contributed by atoms with E-state index in [0.717, 1.165) is 23.9 Å². The number of ether oxygens (including phenoxy) is 1. The van der Waals surface area contributed by atoms with Crippen LogP contribution in [0, 0.1) is 10.1 Å². The van der Waals surface area contributed by atoms with Crippen LogP contribution >= 0.6 is 0 Å². The SMILES string of the molecule is COC(=O)c1cc([N+](=O)[O-])c(=O)n(CC(=O)N2c3ccccc3NC(=O)CC2C)c1. The summed E-state index contributed by atoms with van der Waals surface area (Å²) in [6.07, 6.45) is 1.06. The topological polar surface area (TPSA) is 141 Å². The molecule has 1 aliphatic rings. The molecule has 2 heterocycles. The lowest BCUT2D eigenvalue weighted by atomic mass is 10.1. The number of carbonyl (C=O) groups is 3. The predicted octanol–water partition coefficient (Wildman–Crippen LogP) is 1.31. The number of rotatable bonds is 4. The van der Waals surface area contributed by atoms with Crippen LogP contribution < -0.4 is 15.8 Å². The second kappa shape index (κ2) is 8.15. The van der Waals surface area contributed by atoms with Gasteiger partial charge in [-0.25, -0.2) is 4.79 Å². The van der Waals surface area contributed by atoms with Crippen molar-refractivity contribution < 1.29 is 24.0 Å². The molecule has 0 aliphatic carbocycles. The monoisotopic (exact) mass is 414 g/mol. The number of fused-ring (bicyclic) bond motifs is 1. The largest absolute Gasteiger partial charge is 0.465 e. The molecule has 2 aromatic rings. The van der Waals surface area contributed by atoms with E-state index in [2.05, 4.69) is 10.1 Å². The molecule has 1 aromatic carbocycles. The summed E-state index contributed by atoms with van der Waals surface area (Å²) in [7, 11) is 1.09. The standard InChI is InChI=1S/C19H18N4O7/c1-11-7-16(24)20-13-5-3-4-6-14(13)22(11)17(25)10-21-9-12(19(27)30-2)8-15(18(21)26)23(28)29/h3-6,8-9,11H,7,10H2,1-2H3,(H,20,24). The molecule has 156 valence electrons. The van der Waals surface area contributed by atoms with E-state index in [9.17, 15) is 29.3 Å². The van der Waals surface area contributed by atoms with E-state index in [0.29, 0.717) is 11.4 Å². The highest BCUT2D eigenvalue weighted by atomic mass is 16.6. The Balaban J connectivity index is 2.04. The molecule has 0 saturated carbocycles. The van der Waals surface area contributed by atoms with E-state index >= 15 is 0 Å². The van der Waals surface area contributed by atoms with Crippen molar-refractivity contribution in [1.29, 1.82) is 0 Å². The highest BCUT2D eigenvalue weighted by Crippen LogP contribution is 2.31. The van der Waals surface area contributed by atoms with Crippen molar-refractivity contribution in [3.05, 3.63) is 62.6 Å². The van der Waals surface area contributed by atoms with Crippen LogP contribution in [0.3, 0.4) is 0 Å². The van der Waals surface area contributed by atoms with Crippen LogP contribution in [0.25, 0.3) is 0 Å². The molecule has 3 rings (SSSR count). The van der Waals surface area contributed by atoms with E-state index in [4.69, 9.17) is 0 Å². The molecule has 1 unspecified atom stereocenters. The normalized spacial score (nSPS) is 15.6. The fourth-order valence-electron chi connectivity index (χ4n) is 3.29. The molecule has 0 fully saturated rings. The lowest BCUT2D eigenvalue weighted by Gasteiger charge is -2.28. The summed E-state index contributed by atoms with van der Waals surface area (Å²) in [6.45, 7) is 1.10. The number of nitro groups is 1. The number of pyridine rings is 1. The highest BCUT2D eigenvalue weighted by molar-refractivity contribution is 6.04. The van der Waals surface area contributed by atoms with Gasteiger partial charge in [-0.2, -0.15) is 0 Å². The number of methoxy groups -OCH3 is 1. The summed E-state index contributed by atoms with van der Waals surface area (Å²) in [5, 5.41) is 13.9. The van der Waals surface area contributed by atoms with Gasteiger partial charge in [0.15, 0.2) is 0 Å². The molecule has 0 radical (unpaired) electrons. The van der Waals surface area contributed by atoms with Gasteiger partial charge >= 0.3 is 17.2 Å². The van der Waals surface area contributed by atoms with Crippen LogP contribution in [0.5, 0.6) is 0 Å². The number of amides is 2. The number of hydrogen-bond acceptors (Lipinski definition) is 7. The van der Waals surface area contributed by atoms with Crippen LogP contribution in [0.4, 0.5) is 17.1 Å². The fourth-order valence-corrected chi connectivity index (χ4v) is 3.29. The van der Waals surface area contributed by atoms with Crippen molar-refractivity contribution in [3.8, 4) is 0 Å². The number of aromatic nitrogens is 1. The molecular formula is C19H18N4O7. The van der Waals surface area contributed by atoms with Crippen LogP contribution in [0.1, 0.15) is 23.7 Å². The predicted molar refractivity (Wildman–Crippen MR) is 105 cm³/mol. The van der Waals surface area contributed by atoms with Crippen molar-refractivity contribution in [3.63, 3.8) is 0 Å². The summed E-state index contributed by atoms with van der Waals surface area (Å²) in [5.41, 5.74) is -1.26. The van der Waals surface area contributed by atoms with Gasteiger partial charge in [0.2, 0.25) is 11.8 Å². The second-order valence-electron chi connectivity index (χ2n) is 6.68. The summed E-state index contributed by atoms with van der Waals surface area (Å²) < 4.78 is 5.35. The third kappa shape index (κ3) is 3.90. The minimum absolute atomic E-state index is 0.0255. The number of nitrogens with zero attached hydrogens (tertiary/aromatic N) is 3. The van der Waals surface area contributed by atoms with Gasteiger partial charge in [-0.3, -0.25) is 29.1 Å². The zero-order chi connectivity index (χ0) is 22.0. The molecule has 11 heteroatoms. The van der Waals surface area contributed by atoms with E-state index in [1.807, 2.05) is 0 Å². The summed E-state index contributed by atoms with van der Waals surface area (Å²) in [6, 6.07) is 6.95. The lowest BCUT2D eigenvalue weighted by Crippen LogP contribution is -2.42. The summed E-state index contributed by atoms with van der Waals surface area (Å²) >= 11 is 0. The smallest absolute Gasteiger partial charge is 0.339 e. The van der Waals surface area contributed by atoms with Gasteiger partial charge in [-0.15, -0.1) is 0 Å². The molecule has 1 N–H and O–H groups in total. The zero-order valence-electron chi connectivity index (χ0n) is 16.2. The molecule has 11 nitrogen and oxygen atoms in total. The summed E-state index contributed by atoms with van der Waals surface area (Å²) in [4.78, 5) is 61.2. The van der Waals surface area contributed by atoms with Crippen molar-refractivity contribution in [1.82, 2.24) is 4.57 Å². The van der Waals surface area contributed by atoms with E-state index in [1.54, 1.807) is 31.2 Å². The Kier molecular flexibility index (Phi) is 5.63. The van der Waals surface area contributed by atoms with Gasteiger partial charge in [0.1, 0.15) is 6.54 Å². The minimum Gasteiger partial charge on any atom is -0.465 e. The number of para-hydroxylation sites is 2. The first-order valence-corrected chi connectivity index (χ1v) is 8.91. The van der Waals surface area contributed by atoms with Gasteiger partial charge < -0.3 is 15.0 Å². The number of esters is 1. The first kappa shape index (κ1) is 20.7. The molecule has 30 heavy (non-hydrogen) atoms. The van der Waals surface area contributed by atoms with Gasteiger partial charge in [-0.05, 0) is 19.1 Å². The van der Waals surface area contributed by atoms with Crippen LogP contribution in [0.15, 0.2) is 41.3 Å². The second-order valence-corrected chi connectivity index (χ2v) is 6.68. The van der Waals surface area contributed by atoms with E-state index in [1.165, 1.54) is 4.90 Å². The first-order valence-electron chi connectivity index (χ1n) is 8.91. The molecule has 0 bridgehead atoms. The molecule has 2 amide bonds. The van der Waals surface area contributed by atoms with Crippen LogP contribution in [-0.4, -0.2) is 40.4 Å². The Morgan fingerprint density at radius 3 is 2.67 bits per heavy atom. The molecule has 1 atom stereocenters. The number of benzene rings is 1. The maximum absolute atomic E-state index is 13.1. The third-order valence-corrected chi connectivity index (χ3v) is 4.62. The highest BCUT2D eigenvalue weighted by Gasteiger charge is 2.30. The average Bonchev–Trinajstić information content (AvgIpc) is 2.82. The number of hydrogen-bond donors (Lipinski definition) is 1. The third-order valence-electron chi connectivity index (χ3n) is 4.62. The first-order chi connectivity index (χ1) is 14.2. The Labute approximate surface area is 170 Å². The maximum atomic E-state index is 13.1. The molecular weight excluding hydrogens is 396 g/mol. The van der Waals surface area contributed by atoms with Crippen molar-refractivity contribution >= 4 is 34.8 Å². The molecule has 0 spiro atoms. The Morgan fingerprint density at radius 1 is 1.30 bits per heavy atom. The van der Waals surface area contributed by atoms with Crippen LogP contribution in [-0.2, 0) is 20.9 Å². The minimum atomic E-state index is -1.04. The maximum Gasteiger partial charge on any atom is 0.339 e. The number of carbonyl (C=O) groups excluding carboxylic acids is 3. The van der Waals surface area contributed by atoms with Gasteiger partial charge in [0, 0.05) is 24.7 Å². The Bertz CT molecular complexity index is 1110. The zero-order valence-corrected chi connectivity index (χ0v) is 16.2. The summed E-state index contributed by atoms with van der Waals surface area (Å²) in [5.74, 6) is -1.74. The quantitative estimate of drug-likeness (QED) is 0.452. The van der Waals surface area contributed by atoms with Crippen molar-refractivity contribution in [2.45, 2.75) is 25.9 Å². The molecule has 1 aromatic heterocycles. The molecule has 0 saturated heterocycles. The van der Waals surface area contributed by atoms with Gasteiger partial charge in [-0.1, -0.05) is 12.1 Å². The van der Waals surface area contributed by atoms with E-state index in [-0.39, 0.29) is 17.9 Å². The van der Waals surface area contributed by atoms with E-state index < -0.39 is 40.6 Å². The Morgan fingerprint density at radius 2 is 2.00 bits per heavy atom. The Hall–Kier alpha value is -4.02. The van der Waals surface area contributed by atoms with Crippen LogP contribution in [0.2, 0.25) is 0 Å². The lowest BCUT2D eigenvalue weighted by molar-refractivity contribution is -0.386. The average molecular weight is 414 g/mol. The number of nitrogens with one attached hydrogen (secondary N) is 1. The fraction of sp³-hybridized carbons (Fsp3) is 0.263. The van der Waals surface area contributed by atoms with Crippen molar-refractivity contribution in [2.24, 2.45) is 0 Å². The van der Waals surface area contributed by atoms with Crippen molar-refractivity contribution in [2.75, 3.05) is 17.3 Å². The van der Waals surface area contributed by atoms with Gasteiger partial charge in [0.25, 0.3) is 0 Å².